The van der Waals surface area contributed by atoms with Crippen LogP contribution in [0.4, 0.5) is 4.79 Å². The summed E-state index contributed by atoms with van der Waals surface area (Å²) < 4.78 is 10.9. The van der Waals surface area contributed by atoms with Crippen LogP contribution in [0.2, 0.25) is 0 Å². The first kappa shape index (κ1) is 36.4. The van der Waals surface area contributed by atoms with Gasteiger partial charge in [0.1, 0.15) is 23.8 Å². The van der Waals surface area contributed by atoms with Crippen LogP contribution < -0.4 is 5.32 Å². The van der Waals surface area contributed by atoms with Crippen molar-refractivity contribution in [2.45, 2.75) is 89.1 Å². The maximum Gasteiger partial charge on any atom is 0.407 e. The predicted octanol–water partition coefficient (Wildman–Crippen LogP) is 5.77. The second-order valence-electron chi connectivity index (χ2n) is 14.8. The number of methoxy groups -OCH3 is 1. The molecule has 0 aliphatic carbocycles. The van der Waals surface area contributed by atoms with Crippen LogP contribution in [0.1, 0.15) is 83.0 Å². The number of alkyl carbamates (subject to hydrolysis) is 1. The number of hydrogen-bond donors (Lipinski definition) is 4. The molecule has 4 aromatic rings. The smallest absolute Gasteiger partial charge is 0.407 e. The molecule has 3 fully saturated rings. The molecule has 3 saturated heterocycles. The quantitative estimate of drug-likeness (QED) is 0.160. The summed E-state index contributed by atoms with van der Waals surface area (Å²) in [5.74, 6) is 0.917. The van der Waals surface area contributed by atoms with Gasteiger partial charge in [0.05, 0.1) is 55.1 Å². The predicted molar refractivity (Wildman–Crippen MR) is 198 cm³/mol. The molecular weight excluding hydrogens is 674 g/mol. The number of aromatic nitrogens is 4. The zero-order chi connectivity index (χ0) is 37.3. The highest BCUT2D eigenvalue weighted by atomic mass is 16.5. The van der Waals surface area contributed by atoms with E-state index in [1.54, 1.807) is 17.3 Å². The Morgan fingerprint density at radius 3 is 2.02 bits per heavy atom. The van der Waals surface area contributed by atoms with Crippen molar-refractivity contribution in [3.05, 3.63) is 72.6 Å². The Kier molecular flexibility index (Phi) is 10.4. The number of aliphatic hydroxyl groups is 1. The van der Waals surface area contributed by atoms with Crippen LogP contribution in [0, 0.1) is 5.92 Å². The molecule has 0 bridgehead atoms. The summed E-state index contributed by atoms with van der Waals surface area (Å²) in [5, 5.41) is 13.1. The molecule has 0 saturated carbocycles. The summed E-state index contributed by atoms with van der Waals surface area (Å²) in [7, 11) is 1.29. The van der Waals surface area contributed by atoms with Crippen LogP contribution in [0.25, 0.3) is 33.6 Å². The van der Waals surface area contributed by atoms with Gasteiger partial charge < -0.3 is 39.7 Å². The van der Waals surface area contributed by atoms with Crippen molar-refractivity contribution < 1.29 is 29.0 Å². The zero-order valence-electron chi connectivity index (χ0n) is 30.8. The molecule has 13 nitrogen and oxygen atoms in total. The molecule has 0 radical (unpaired) electrons. The van der Waals surface area contributed by atoms with Crippen LogP contribution in [0.5, 0.6) is 0 Å². The number of likely N-dealkylation sites (tertiary alicyclic amines) is 2. The molecule has 1 spiro atoms. The largest absolute Gasteiger partial charge is 0.453 e. The van der Waals surface area contributed by atoms with Crippen LogP contribution >= 0.6 is 0 Å². The highest BCUT2D eigenvalue weighted by Gasteiger charge is 2.50. The highest BCUT2D eigenvalue weighted by molar-refractivity contribution is 5.86. The first-order valence-corrected chi connectivity index (χ1v) is 18.7. The second-order valence-corrected chi connectivity index (χ2v) is 14.8. The molecule has 4 N–H and O–H groups in total. The van der Waals surface area contributed by atoms with E-state index in [9.17, 15) is 19.5 Å². The van der Waals surface area contributed by atoms with Gasteiger partial charge in [0, 0.05) is 19.6 Å². The fourth-order valence-corrected chi connectivity index (χ4v) is 8.01. The van der Waals surface area contributed by atoms with Gasteiger partial charge in [0.25, 0.3) is 5.91 Å². The summed E-state index contributed by atoms with van der Waals surface area (Å²) in [5.41, 5.74) is 5.42. The minimum absolute atomic E-state index is 0.101. The number of rotatable bonds is 10. The number of nitrogens with one attached hydrogen (secondary N) is 3. The monoisotopic (exact) mass is 723 g/mol. The standard InChI is InChI=1S/C40H49N7O6/c1-5-33(48)37(49)47-23-40(17-7-19-53-40)20-32(47)36-42-22-30(44-36)28-15-11-26(12-16-28)25-9-13-27(14-10-25)29-21-41-35(43-29)31-8-6-18-46(31)38(50)34(24(2)3)45-39(51)52-4/h9-16,21-22,24,31-34,48H,5-8,17-20,23H2,1-4H3,(H,41,43)(H,42,44)(H,45,51)/t31-,32-,33-,34-,40-/m0/s1. The third-order valence-electron chi connectivity index (χ3n) is 11.0. The number of H-pyrrole nitrogens is 2. The lowest BCUT2D eigenvalue weighted by atomic mass is 9.96. The number of carbonyl (C=O) groups excluding carboxylic acids is 3. The molecule has 2 aromatic heterocycles. The summed E-state index contributed by atoms with van der Waals surface area (Å²) >= 11 is 0. The van der Waals surface area contributed by atoms with Gasteiger partial charge in [-0.2, -0.15) is 0 Å². The third kappa shape index (κ3) is 7.32. The van der Waals surface area contributed by atoms with Crippen molar-refractivity contribution in [1.29, 1.82) is 0 Å². The Hall–Kier alpha value is -5.01. The number of aromatic amines is 2. The molecule has 0 unspecified atom stereocenters. The van der Waals surface area contributed by atoms with Gasteiger partial charge in [-0.25, -0.2) is 14.8 Å². The maximum atomic E-state index is 13.5. The first-order chi connectivity index (χ1) is 25.6. The molecule has 7 rings (SSSR count). The molecule has 280 valence electrons. The number of carbonyl (C=O) groups is 3. The van der Waals surface area contributed by atoms with Crippen molar-refractivity contribution in [1.82, 2.24) is 35.1 Å². The minimum atomic E-state index is -1.04. The molecular formula is C40H49N7O6. The van der Waals surface area contributed by atoms with Gasteiger partial charge in [0.15, 0.2) is 0 Å². The van der Waals surface area contributed by atoms with E-state index in [-0.39, 0.29) is 35.4 Å². The van der Waals surface area contributed by atoms with Crippen LogP contribution in [0.3, 0.4) is 0 Å². The highest BCUT2D eigenvalue weighted by Crippen LogP contribution is 2.45. The van der Waals surface area contributed by atoms with E-state index in [0.29, 0.717) is 38.4 Å². The average molecular weight is 724 g/mol. The van der Waals surface area contributed by atoms with Crippen LogP contribution in [-0.2, 0) is 19.1 Å². The van der Waals surface area contributed by atoms with E-state index in [0.717, 1.165) is 65.1 Å². The van der Waals surface area contributed by atoms with E-state index >= 15 is 0 Å². The van der Waals surface area contributed by atoms with Crippen molar-refractivity contribution >= 4 is 17.9 Å². The number of benzene rings is 2. The number of aliphatic hydroxyl groups excluding tert-OH is 1. The first-order valence-electron chi connectivity index (χ1n) is 18.7. The topological polar surface area (TPSA) is 166 Å². The molecule has 3 amide bonds. The lowest BCUT2D eigenvalue weighted by molar-refractivity contribution is -0.142. The van der Waals surface area contributed by atoms with Gasteiger partial charge >= 0.3 is 6.09 Å². The fourth-order valence-electron chi connectivity index (χ4n) is 8.01. The summed E-state index contributed by atoms with van der Waals surface area (Å²) in [6, 6.07) is 15.4. The molecule has 13 heteroatoms. The number of amides is 3. The summed E-state index contributed by atoms with van der Waals surface area (Å²) in [6.07, 6.45) is 6.47. The van der Waals surface area contributed by atoms with Gasteiger partial charge in [-0.3, -0.25) is 9.59 Å². The SMILES string of the molecule is CC[C@H](O)C(=O)N1C[C@]2(CCCO2)C[C@H]1c1ncc(-c2ccc(-c3ccc(-c4cnc([C@@H]5CCCN5C(=O)[C@@H](NC(=O)OC)C(C)C)[nH]4)cc3)cc2)[nH]1. The van der Waals surface area contributed by atoms with Crippen LogP contribution in [0.15, 0.2) is 60.9 Å². The molecule has 2 aromatic carbocycles. The molecule has 3 aliphatic heterocycles. The summed E-state index contributed by atoms with van der Waals surface area (Å²) in [6.45, 7) is 7.37. The van der Waals surface area contributed by atoms with Crippen molar-refractivity contribution in [3.63, 3.8) is 0 Å². The molecule has 53 heavy (non-hydrogen) atoms. The van der Waals surface area contributed by atoms with Crippen molar-refractivity contribution in [3.8, 4) is 33.6 Å². The number of nitrogens with zero attached hydrogens (tertiary/aromatic N) is 4. The van der Waals surface area contributed by atoms with Crippen LogP contribution in [-0.4, -0.2) is 97.3 Å². The number of imidazole rings is 2. The van der Waals surface area contributed by atoms with Crippen molar-refractivity contribution in [2.75, 3.05) is 26.8 Å². The Bertz CT molecular complexity index is 1910. The minimum Gasteiger partial charge on any atom is -0.453 e. The van der Waals surface area contributed by atoms with E-state index in [2.05, 4.69) is 68.8 Å². The number of ether oxygens (including phenoxy) is 2. The molecule has 3 aliphatic rings. The van der Waals surface area contributed by atoms with E-state index in [4.69, 9.17) is 14.5 Å². The maximum absolute atomic E-state index is 13.5. The fraction of sp³-hybridized carbons (Fsp3) is 0.475. The van der Waals surface area contributed by atoms with Crippen molar-refractivity contribution in [2.24, 2.45) is 5.92 Å². The average Bonchev–Trinajstić information content (AvgIpc) is 4.03. The number of hydrogen-bond acceptors (Lipinski definition) is 8. The Labute approximate surface area is 309 Å². The Balaban J connectivity index is 1.02. The lowest BCUT2D eigenvalue weighted by Crippen LogP contribution is -2.51. The van der Waals surface area contributed by atoms with Gasteiger partial charge in [-0.15, -0.1) is 0 Å². The van der Waals surface area contributed by atoms with Gasteiger partial charge in [-0.1, -0.05) is 69.3 Å². The normalized spacial score (nSPS) is 22.5. The molecule has 5 atom stereocenters. The second kappa shape index (κ2) is 15.2. The Morgan fingerprint density at radius 2 is 1.49 bits per heavy atom. The van der Waals surface area contributed by atoms with E-state index in [1.165, 1.54) is 7.11 Å². The van der Waals surface area contributed by atoms with E-state index < -0.39 is 18.2 Å². The van der Waals surface area contributed by atoms with E-state index in [1.807, 2.05) is 25.7 Å². The Morgan fingerprint density at radius 1 is 0.906 bits per heavy atom. The summed E-state index contributed by atoms with van der Waals surface area (Å²) in [4.78, 5) is 58.4. The molecule has 5 heterocycles. The van der Waals surface area contributed by atoms with Gasteiger partial charge in [-0.05, 0) is 60.3 Å². The lowest BCUT2D eigenvalue weighted by Gasteiger charge is -2.30. The van der Waals surface area contributed by atoms with Gasteiger partial charge in [0.2, 0.25) is 5.91 Å². The zero-order valence-corrected chi connectivity index (χ0v) is 30.8. The third-order valence-corrected chi connectivity index (χ3v) is 11.0.